The number of fused-ring (bicyclic) bond motifs is 1. The lowest BCUT2D eigenvalue weighted by Crippen LogP contribution is -2.37. The highest BCUT2D eigenvalue weighted by atomic mass is 16.5. The summed E-state index contributed by atoms with van der Waals surface area (Å²) in [5.41, 5.74) is 1.04. The van der Waals surface area contributed by atoms with Crippen LogP contribution in [0, 0.1) is 0 Å². The quantitative estimate of drug-likeness (QED) is 0.835. The monoisotopic (exact) mass is 266 g/mol. The Morgan fingerprint density at radius 3 is 2.45 bits per heavy atom. The van der Waals surface area contributed by atoms with Crippen LogP contribution in [-0.4, -0.2) is 19.1 Å². The topological polar surface area (TPSA) is 51.0 Å². The summed E-state index contributed by atoms with van der Waals surface area (Å²) in [6.45, 7) is 0. The highest BCUT2D eigenvalue weighted by Gasteiger charge is 2.19. The maximum atomic E-state index is 12.0. The van der Waals surface area contributed by atoms with Crippen molar-refractivity contribution in [1.82, 2.24) is 0 Å². The smallest absolute Gasteiger partial charge is 0.271 e. The standard InChI is InChI=1S/C16H14N2O2/c1-20-12-8-6-11(7-9-12)10-15-16(19)18-14-5-3-2-4-13(14)17-15/h2-9,15H,10H2,1H3. The van der Waals surface area contributed by atoms with Crippen LogP contribution in [0.2, 0.25) is 0 Å². The van der Waals surface area contributed by atoms with Gasteiger partial charge in [0.25, 0.3) is 5.91 Å². The third-order valence-corrected chi connectivity index (χ3v) is 3.28. The highest BCUT2D eigenvalue weighted by Crippen LogP contribution is 2.14. The number of carbonyl (C=O) groups excluding carboxylic acids is 1. The van der Waals surface area contributed by atoms with Crippen LogP contribution in [-0.2, 0) is 11.2 Å². The Balaban J connectivity index is 1.88. The van der Waals surface area contributed by atoms with Gasteiger partial charge in [-0.2, -0.15) is 0 Å². The molecular weight excluding hydrogens is 252 g/mol. The highest BCUT2D eigenvalue weighted by molar-refractivity contribution is 5.83. The van der Waals surface area contributed by atoms with Gasteiger partial charge >= 0.3 is 0 Å². The lowest BCUT2D eigenvalue weighted by atomic mass is 10.0. The molecule has 0 aliphatic carbocycles. The first kappa shape index (κ1) is 12.5. The SMILES string of the molecule is COc1ccc(CC2N=c3ccccc3=NC2=O)cc1. The van der Waals surface area contributed by atoms with Gasteiger partial charge in [-0.05, 0) is 29.8 Å². The molecule has 0 spiro atoms. The van der Waals surface area contributed by atoms with E-state index in [1.54, 1.807) is 13.2 Å². The van der Waals surface area contributed by atoms with Crippen molar-refractivity contribution in [2.75, 3.05) is 7.11 Å². The molecule has 1 unspecified atom stereocenters. The Morgan fingerprint density at radius 2 is 1.75 bits per heavy atom. The van der Waals surface area contributed by atoms with Crippen LogP contribution in [0.4, 0.5) is 0 Å². The van der Waals surface area contributed by atoms with Crippen molar-refractivity contribution in [2.45, 2.75) is 12.5 Å². The van der Waals surface area contributed by atoms with E-state index >= 15 is 0 Å². The number of hydrogen-bond acceptors (Lipinski definition) is 3. The van der Waals surface area contributed by atoms with Gasteiger partial charge in [-0.25, -0.2) is 4.99 Å². The van der Waals surface area contributed by atoms with E-state index < -0.39 is 6.04 Å². The Hall–Kier alpha value is -2.49. The molecule has 0 bridgehead atoms. The Bertz CT molecular complexity index is 751. The average molecular weight is 266 g/mol. The summed E-state index contributed by atoms with van der Waals surface area (Å²) in [5.74, 6) is 0.621. The van der Waals surface area contributed by atoms with Gasteiger partial charge < -0.3 is 4.74 Å². The molecule has 4 nitrogen and oxygen atoms in total. The second kappa shape index (κ2) is 5.25. The molecule has 100 valence electrons. The van der Waals surface area contributed by atoms with Crippen LogP contribution in [0.15, 0.2) is 58.5 Å². The van der Waals surface area contributed by atoms with Crippen molar-refractivity contribution < 1.29 is 9.53 Å². The third-order valence-electron chi connectivity index (χ3n) is 3.28. The summed E-state index contributed by atoms with van der Waals surface area (Å²) >= 11 is 0. The molecule has 0 aromatic heterocycles. The minimum absolute atomic E-state index is 0.181. The summed E-state index contributed by atoms with van der Waals surface area (Å²) in [7, 11) is 1.63. The fourth-order valence-corrected chi connectivity index (χ4v) is 2.20. The van der Waals surface area contributed by atoms with E-state index in [1.165, 1.54) is 0 Å². The molecule has 1 aliphatic rings. The van der Waals surface area contributed by atoms with Crippen LogP contribution < -0.4 is 15.5 Å². The first-order valence-electron chi connectivity index (χ1n) is 6.44. The molecule has 0 saturated carbocycles. The van der Waals surface area contributed by atoms with Crippen LogP contribution in [0.1, 0.15) is 5.56 Å². The molecule has 0 radical (unpaired) electrons. The molecule has 0 N–H and O–H groups in total. The molecule has 1 heterocycles. The van der Waals surface area contributed by atoms with Gasteiger partial charge in [-0.3, -0.25) is 9.79 Å². The van der Waals surface area contributed by atoms with Crippen molar-refractivity contribution in [1.29, 1.82) is 0 Å². The van der Waals surface area contributed by atoms with Crippen LogP contribution in [0.5, 0.6) is 5.75 Å². The maximum absolute atomic E-state index is 12.0. The summed E-state index contributed by atoms with van der Waals surface area (Å²) in [5, 5.41) is 1.44. The van der Waals surface area contributed by atoms with Crippen molar-refractivity contribution in [3.8, 4) is 5.75 Å². The minimum atomic E-state index is -0.432. The van der Waals surface area contributed by atoms with Gasteiger partial charge in [0, 0.05) is 6.42 Å². The molecule has 4 heteroatoms. The minimum Gasteiger partial charge on any atom is -0.497 e. The number of hydrogen-bond donors (Lipinski definition) is 0. The van der Waals surface area contributed by atoms with Crippen molar-refractivity contribution in [3.05, 3.63) is 64.8 Å². The van der Waals surface area contributed by atoms with E-state index in [4.69, 9.17) is 4.74 Å². The summed E-state index contributed by atoms with van der Waals surface area (Å²) in [6, 6.07) is 14.7. The van der Waals surface area contributed by atoms with Gasteiger partial charge in [0.05, 0.1) is 17.8 Å². The number of benzene rings is 2. The van der Waals surface area contributed by atoms with Crippen LogP contribution in [0.25, 0.3) is 0 Å². The molecule has 1 aliphatic heterocycles. The lowest BCUT2D eigenvalue weighted by Gasteiger charge is -2.12. The Kier molecular flexibility index (Phi) is 3.29. The molecule has 0 fully saturated rings. The second-order valence-electron chi connectivity index (χ2n) is 4.64. The number of carbonyl (C=O) groups is 1. The predicted octanol–water partition coefficient (Wildman–Crippen LogP) is 1.09. The summed E-state index contributed by atoms with van der Waals surface area (Å²) < 4.78 is 5.12. The zero-order valence-corrected chi connectivity index (χ0v) is 11.1. The molecule has 3 rings (SSSR count). The first-order valence-corrected chi connectivity index (χ1v) is 6.44. The first-order chi connectivity index (χ1) is 9.76. The van der Waals surface area contributed by atoms with Gasteiger partial charge in [0.2, 0.25) is 0 Å². The van der Waals surface area contributed by atoms with Crippen molar-refractivity contribution >= 4 is 5.91 Å². The van der Waals surface area contributed by atoms with Crippen LogP contribution in [0.3, 0.4) is 0 Å². The summed E-state index contributed by atoms with van der Waals surface area (Å²) in [6.07, 6.45) is 0.556. The van der Waals surface area contributed by atoms with Gasteiger partial charge in [0.1, 0.15) is 11.8 Å². The number of nitrogens with zero attached hydrogens (tertiary/aromatic N) is 2. The molecule has 2 aromatic rings. The molecule has 1 amide bonds. The predicted molar refractivity (Wildman–Crippen MR) is 74.2 cm³/mol. The van der Waals surface area contributed by atoms with Gasteiger partial charge in [-0.15, -0.1) is 0 Å². The average Bonchev–Trinajstić information content (AvgIpc) is 2.49. The van der Waals surface area contributed by atoms with E-state index in [0.717, 1.165) is 16.7 Å². The number of para-hydroxylation sites is 2. The zero-order chi connectivity index (χ0) is 13.9. The number of ether oxygens (including phenoxy) is 1. The largest absolute Gasteiger partial charge is 0.497 e. The van der Waals surface area contributed by atoms with E-state index in [0.29, 0.717) is 11.8 Å². The van der Waals surface area contributed by atoms with E-state index in [1.807, 2.05) is 42.5 Å². The molecule has 2 aromatic carbocycles. The zero-order valence-electron chi connectivity index (χ0n) is 11.1. The van der Waals surface area contributed by atoms with Crippen molar-refractivity contribution in [3.63, 3.8) is 0 Å². The Morgan fingerprint density at radius 1 is 1.05 bits per heavy atom. The maximum Gasteiger partial charge on any atom is 0.271 e. The van der Waals surface area contributed by atoms with Gasteiger partial charge in [-0.1, -0.05) is 24.3 Å². The number of amides is 1. The third kappa shape index (κ3) is 2.45. The molecule has 1 atom stereocenters. The fraction of sp³-hybridized carbons (Fsp3) is 0.188. The van der Waals surface area contributed by atoms with Gasteiger partial charge in [0.15, 0.2) is 0 Å². The van der Waals surface area contributed by atoms with E-state index in [9.17, 15) is 4.79 Å². The lowest BCUT2D eigenvalue weighted by molar-refractivity contribution is -0.119. The Labute approximate surface area is 116 Å². The fourth-order valence-electron chi connectivity index (χ4n) is 2.20. The van der Waals surface area contributed by atoms with E-state index in [-0.39, 0.29) is 5.91 Å². The van der Waals surface area contributed by atoms with Crippen LogP contribution >= 0.6 is 0 Å². The normalized spacial score (nSPS) is 16.9. The molecule has 20 heavy (non-hydrogen) atoms. The number of rotatable bonds is 3. The van der Waals surface area contributed by atoms with E-state index in [2.05, 4.69) is 9.98 Å². The molecular formula is C16H14N2O2. The summed E-state index contributed by atoms with van der Waals surface area (Å²) in [4.78, 5) is 20.6. The second-order valence-corrected chi connectivity index (χ2v) is 4.64. The number of methoxy groups -OCH3 is 1. The molecule has 0 saturated heterocycles. The van der Waals surface area contributed by atoms with Crippen molar-refractivity contribution in [2.24, 2.45) is 9.98 Å².